The number of Topliss-reactive ketones (excluding diaryl/α,β-unsaturated/α-hetero) is 1. The van der Waals surface area contributed by atoms with Crippen LogP contribution in [0.3, 0.4) is 0 Å². The number of rotatable bonds is 3. The molecule has 90 valence electrons. The van der Waals surface area contributed by atoms with Crippen LogP contribution in [-0.4, -0.2) is 21.9 Å². The maximum Gasteiger partial charge on any atom is 0.326 e. The van der Waals surface area contributed by atoms with E-state index < -0.39 is 0 Å². The van der Waals surface area contributed by atoms with E-state index in [4.69, 9.17) is 5.73 Å². The summed E-state index contributed by atoms with van der Waals surface area (Å²) in [4.78, 5) is 25.9. The quantitative estimate of drug-likeness (QED) is 0.777. The van der Waals surface area contributed by atoms with Crippen LogP contribution in [0.1, 0.15) is 30.2 Å². The van der Waals surface area contributed by atoms with Gasteiger partial charge in [-0.1, -0.05) is 0 Å². The van der Waals surface area contributed by atoms with Crippen molar-refractivity contribution >= 4 is 16.8 Å². The summed E-state index contributed by atoms with van der Waals surface area (Å²) in [5.41, 5.74) is 7.14. The van der Waals surface area contributed by atoms with Gasteiger partial charge in [0.1, 0.15) is 0 Å². The molecule has 0 radical (unpaired) electrons. The van der Waals surface area contributed by atoms with E-state index in [0.717, 1.165) is 5.52 Å². The third kappa shape index (κ3) is 1.89. The third-order valence-corrected chi connectivity index (χ3v) is 2.74. The number of hydrogen-bond donors (Lipinski definition) is 2. The average molecular weight is 233 g/mol. The standard InChI is InChI=1S/C12H15N3O2/c1-7(2)15-10-4-3-8(11(16)6-13)5-9(10)14-12(15)17/h3-5,7H,6,13H2,1-2H3,(H,14,17). The van der Waals surface area contributed by atoms with Crippen molar-refractivity contribution in [3.8, 4) is 0 Å². The Hall–Kier alpha value is -1.88. The number of aromatic amines is 1. The summed E-state index contributed by atoms with van der Waals surface area (Å²) in [7, 11) is 0. The molecule has 2 rings (SSSR count). The van der Waals surface area contributed by atoms with Gasteiger partial charge in [-0.2, -0.15) is 0 Å². The molecule has 0 spiro atoms. The van der Waals surface area contributed by atoms with Gasteiger partial charge in [0.15, 0.2) is 5.78 Å². The van der Waals surface area contributed by atoms with Crippen LogP contribution in [0.15, 0.2) is 23.0 Å². The fraction of sp³-hybridized carbons (Fsp3) is 0.333. The molecule has 17 heavy (non-hydrogen) atoms. The zero-order valence-electron chi connectivity index (χ0n) is 9.86. The maximum atomic E-state index is 11.7. The first-order valence-corrected chi connectivity index (χ1v) is 5.52. The van der Waals surface area contributed by atoms with Crippen LogP contribution in [0, 0.1) is 0 Å². The van der Waals surface area contributed by atoms with Crippen molar-refractivity contribution in [3.63, 3.8) is 0 Å². The van der Waals surface area contributed by atoms with Crippen LogP contribution in [-0.2, 0) is 0 Å². The van der Waals surface area contributed by atoms with Crippen molar-refractivity contribution in [2.24, 2.45) is 5.73 Å². The second kappa shape index (κ2) is 4.18. The van der Waals surface area contributed by atoms with Gasteiger partial charge in [0.25, 0.3) is 0 Å². The van der Waals surface area contributed by atoms with Crippen molar-refractivity contribution in [2.75, 3.05) is 6.54 Å². The minimum atomic E-state index is -0.160. The lowest BCUT2D eigenvalue weighted by atomic mass is 10.1. The van der Waals surface area contributed by atoms with E-state index in [-0.39, 0.29) is 24.1 Å². The SMILES string of the molecule is CC(C)n1c(=O)[nH]c2cc(C(=O)CN)ccc21. The topological polar surface area (TPSA) is 80.9 Å². The first-order chi connectivity index (χ1) is 8.04. The molecule has 0 saturated heterocycles. The average Bonchev–Trinajstić information content (AvgIpc) is 2.62. The van der Waals surface area contributed by atoms with Crippen molar-refractivity contribution in [1.29, 1.82) is 0 Å². The second-order valence-corrected chi connectivity index (χ2v) is 4.25. The van der Waals surface area contributed by atoms with Gasteiger partial charge in [0.2, 0.25) is 0 Å². The number of H-pyrrole nitrogens is 1. The number of nitrogens with one attached hydrogen (secondary N) is 1. The van der Waals surface area contributed by atoms with Gasteiger partial charge < -0.3 is 10.7 Å². The molecule has 0 atom stereocenters. The zero-order valence-corrected chi connectivity index (χ0v) is 9.86. The minimum Gasteiger partial charge on any atom is -0.324 e. The first-order valence-electron chi connectivity index (χ1n) is 5.52. The van der Waals surface area contributed by atoms with Crippen molar-refractivity contribution in [1.82, 2.24) is 9.55 Å². The summed E-state index contributed by atoms with van der Waals surface area (Å²) in [6, 6.07) is 5.22. The highest BCUT2D eigenvalue weighted by atomic mass is 16.1. The number of nitrogens with two attached hydrogens (primary N) is 1. The van der Waals surface area contributed by atoms with E-state index in [0.29, 0.717) is 11.1 Å². The Bertz CT molecular complexity index is 622. The lowest BCUT2D eigenvalue weighted by Crippen LogP contribution is -2.18. The predicted octanol–water partition coefficient (Wildman–Crippen LogP) is 1.05. The molecule has 0 aliphatic carbocycles. The van der Waals surface area contributed by atoms with Gasteiger partial charge in [0, 0.05) is 11.6 Å². The number of nitrogens with zero attached hydrogens (tertiary/aromatic N) is 1. The number of fused-ring (bicyclic) bond motifs is 1. The number of carbonyl (C=O) groups is 1. The second-order valence-electron chi connectivity index (χ2n) is 4.25. The number of hydrogen-bond acceptors (Lipinski definition) is 3. The van der Waals surface area contributed by atoms with Crippen LogP contribution in [0.2, 0.25) is 0 Å². The summed E-state index contributed by atoms with van der Waals surface area (Å²) >= 11 is 0. The molecule has 0 saturated carbocycles. The molecule has 0 aliphatic rings. The van der Waals surface area contributed by atoms with Crippen LogP contribution in [0.4, 0.5) is 0 Å². The molecule has 0 unspecified atom stereocenters. The van der Waals surface area contributed by atoms with Crippen LogP contribution in [0.25, 0.3) is 11.0 Å². The number of aromatic nitrogens is 2. The van der Waals surface area contributed by atoms with E-state index in [1.54, 1.807) is 22.8 Å². The molecule has 1 aromatic heterocycles. The molecule has 2 aromatic rings. The lowest BCUT2D eigenvalue weighted by molar-refractivity contribution is 0.100. The van der Waals surface area contributed by atoms with Gasteiger partial charge in [0.05, 0.1) is 17.6 Å². The highest BCUT2D eigenvalue weighted by molar-refractivity contribution is 6.00. The predicted molar refractivity (Wildman–Crippen MR) is 66.3 cm³/mol. The minimum absolute atomic E-state index is 0.0272. The largest absolute Gasteiger partial charge is 0.326 e. The van der Waals surface area contributed by atoms with Gasteiger partial charge in [-0.15, -0.1) is 0 Å². The molecule has 0 aliphatic heterocycles. The molecule has 0 amide bonds. The van der Waals surface area contributed by atoms with Gasteiger partial charge >= 0.3 is 5.69 Å². The summed E-state index contributed by atoms with van der Waals surface area (Å²) in [5.74, 6) is -0.134. The van der Waals surface area contributed by atoms with Crippen molar-refractivity contribution in [2.45, 2.75) is 19.9 Å². The van der Waals surface area contributed by atoms with E-state index in [9.17, 15) is 9.59 Å². The maximum absolute atomic E-state index is 11.7. The van der Waals surface area contributed by atoms with E-state index in [1.165, 1.54) is 0 Å². The summed E-state index contributed by atoms with van der Waals surface area (Å²) < 4.78 is 1.66. The number of benzene rings is 1. The number of carbonyl (C=O) groups excluding carboxylic acids is 1. The monoisotopic (exact) mass is 233 g/mol. The Morgan fingerprint density at radius 2 is 2.18 bits per heavy atom. The number of ketones is 1. The van der Waals surface area contributed by atoms with Crippen LogP contribution >= 0.6 is 0 Å². The Morgan fingerprint density at radius 3 is 2.76 bits per heavy atom. The molecular formula is C12H15N3O2. The third-order valence-electron chi connectivity index (χ3n) is 2.74. The lowest BCUT2D eigenvalue weighted by Gasteiger charge is -2.06. The fourth-order valence-electron chi connectivity index (χ4n) is 1.94. The smallest absolute Gasteiger partial charge is 0.324 e. The Balaban J connectivity index is 2.66. The van der Waals surface area contributed by atoms with Crippen molar-refractivity contribution in [3.05, 3.63) is 34.2 Å². The van der Waals surface area contributed by atoms with Gasteiger partial charge in [-0.3, -0.25) is 9.36 Å². The molecule has 0 fully saturated rings. The highest BCUT2D eigenvalue weighted by Gasteiger charge is 2.11. The van der Waals surface area contributed by atoms with Crippen LogP contribution in [0.5, 0.6) is 0 Å². The van der Waals surface area contributed by atoms with Gasteiger partial charge in [-0.25, -0.2) is 4.79 Å². The van der Waals surface area contributed by atoms with Gasteiger partial charge in [-0.05, 0) is 32.0 Å². The van der Waals surface area contributed by atoms with Crippen LogP contribution < -0.4 is 11.4 Å². The summed E-state index contributed by atoms with van der Waals surface area (Å²) in [6.07, 6.45) is 0. The Kier molecular flexibility index (Phi) is 2.85. The molecule has 1 aromatic carbocycles. The van der Waals surface area contributed by atoms with Crippen molar-refractivity contribution < 1.29 is 4.79 Å². The van der Waals surface area contributed by atoms with E-state index >= 15 is 0 Å². The molecular weight excluding hydrogens is 218 g/mol. The summed E-state index contributed by atoms with van der Waals surface area (Å²) in [5, 5.41) is 0. The molecule has 5 heteroatoms. The molecule has 5 nitrogen and oxygen atoms in total. The highest BCUT2D eigenvalue weighted by Crippen LogP contribution is 2.16. The molecule has 1 heterocycles. The fourth-order valence-corrected chi connectivity index (χ4v) is 1.94. The van der Waals surface area contributed by atoms with E-state index in [1.807, 2.05) is 13.8 Å². The number of imidazole rings is 1. The van der Waals surface area contributed by atoms with E-state index in [2.05, 4.69) is 4.98 Å². The zero-order chi connectivity index (χ0) is 12.6. The Labute approximate surface area is 98.2 Å². The normalized spacial score (nSPS) is 11.3. The summed E-state index contributed by atoms with van der Waals surface area (Å²) in [6.45, 7) is 3.85. The first kappa shape index (κ1) is 11.6. The Morgan fingerprint density at radius 1 is 1.47 bits per heavy atom. The molecule has 0 bridgehead atoms. The molecule has 3 N–H and O–H groups in total.